The van der Waals surface area contributed by atoms with Gasteiger partial charge in [-0.3, -0.25) is 14.2 Å². The minimum atomic E-state index is -0.454. The Morgan fingerprint density at radius 1 is 1.40 bits per heavy atom. The van der Waals surface area contributed by atoms with Gasteiger partial charge < -0.3 is 10.1 Å². The maximum atomic E-state index is 13.4. The first-order chi connectivity index (χ1) is 9.54. The van der Waals surface area contributed by atoms with E-state index >= 15 is 0 Å². The Bertz CT molecular complexity index is 664. The van der Waals surface area contributed by atoms with Gasteiger partial charge in [0.05, 0.1) is 17.7 Å². The van der Waals surface area contributed by atoms with E-state index in [4.69, 9.17) is 4.74 Å². The molecule has 1 N–H and O–H groups in total. The van der Waals surface area contributed by atoms with Gasteiger partial charge in [-0.15, -0.1) is 0 Å². The van der Waals surface area contributed by atoms with Gasteiger partial charge in [-0.1, -0.05) is 0 Å². The lowest BCUT2D eigenvalue weighted by Crippen LogP contribution is -2.26. The minimum Gasteiger partial charge on any atom is -0.383 e. The third-order valence-electron chi connectivity index (χ3n) is 2.94. The van der Waals surface area contributed by atoms with Crippen molar-refractivity contribution in [2.45, 2.75) is 6.92 Å². The van der Waals surface area contributed by atoms with Crippen molar-refractivity contribution in [3.05, 3.63) is 35.8 Å². The number of nitrogens with zero attached hydrogens (tertiary/aromatic N) is 1. The van der Waals surface area contributed by atoms with E-state index in [1.165, 1.54) is 43.0 Å². The number of ether oxygens (including phenoxy) is 1. The highest BCUT2D eigenvalue weighted by atomic mass is 19.1. The Kier molecular flexibility index (Phi) is 4.14. The molecule has 0 saturated heterocycles. The van der Waals surface area contributed by atoms with Gasteiger partial charge in [-0.25, -0.2) is 4.39 Å². The van der Waals surface area contributed by atoms with Crippen LogP contribution >= 0.6 is 0 Å². The third kappa shape index (κ3) is 2.70. The standard InChI is InChI=1S/C14H15FN2O3/c1-9(18)17-8-12(14(19)16-5-6-20-2)11-7-10(15)3-4-13(11)17/h3-4,7-8H,5-6H2,1-2H3,(H,16,19). The van der Waals surface area contributed by atoms with Gasteiger partial charge in [-0.05, 0) is 18.2 Å². The first-order valence-corrected chi connectivity index (χ1v) is 6.13. The highest BCUT2D eigenvalue weighted by molar-refractivity contribution is 6.09. The summed E-state index contributed by atoms with van der Waals surface area (Å²) >= 11 is 0. The van der Waals surface area contributed by atoms with Gasteiger partial charge in [0.2, 0.25) is 5.91 Å². The molecule has 0 aliphatic heterocycles. The van der Waals surface area contributed by atoms with Crippen LogP contribution in [-0.4, -0.2) is 36.6 Å². The van der Waals surface area contributed by atoms with Crippen LogP contribution < -0.4 is 5.32 Å². The predicted molar refractivity (Wildman–Crippen MR) is 72.4 cm³/mol. The fourth-order valence-corrected chi connectivity index (χ4v) is 2.01. The molecule has 6 heteroatoms. The van der Waals surface area contributed by atoms with Crippen LogP contribution in [0.1, 0.15) is 22.1 Å². The summed E-state index contributed by atoms with van der Waals surface area (Å²) < 4.78 is 19.5. The number of rotatable bonds is 4. The van der Waals surface area contributed by atoms with Crippen LogP contribution in [0.3, 0.4) is 0 Å². The molecule has 0 bridgehead atoms. The SMILES string of the molecule is COCCNC(=O)c1cn(C(C)=O)c2ccc(F)cc12. The molecule has 0 aliphatic rings. The zero-order valence-electron chi connectivity index (χ0n) is 11.3. The number of methoxy groups -OCH3 is 1. The van der Waals surface area contributed by atoms with Gasteiger partial charge in [-0.2, -0.15) is 0 Å². The summed E-state index contributed by atoms with van der Waals surface area (Å²) in [4.78, 5) is 23.6. The largest absolute Gasteiger partial charge is 0.383 e. The molecular formula is C14H15FN2O3. The van der Waals surface area contributed by atoms with E-state index in [0.717, 1.165) is 0 Å². The summed E-state index contributed by atoms with van der Waals surface area (Å²) in [5.41, 5.74) is 0.779. The summed E-state index contributed by atoms with van der Waals surface area (Å²) in [5.74, 6) is -1.06. The van der Waals surface area contributed by atoms with Crippen LogP contribution in [-0.2, 0) is 4.74 Å². The zero-order chi connectivity index (χ0) is 14.7. The number of carbonyl (C=O) groups excluding carboxylic acids is 2. The average molecular weight is 278 g/mol. The minimum absolute atomic E-state index is 0.238. The van der Waals surface area contributed by atoms with Crippen LogP contribution in [0.2, 0.25) is 0 Å². The maximum Gasteiger partial charge on any atom is 0.253 e. The normalized spacial score (nSPS) is 10.8. The van der Waals surface area contributed by atoms with Crippen LogP contribution in [0.5, 0.6) is 0 Å². The molecule has 1 aromatic carbocycles. The lowest BCUT2D eigenvalue weighted by atomic mass is 10.1. The predicted octanol–water partition coefficient (Wildman–Crippen LogP) is 1.82. The molecule has 5 nitrogen and oxygen atoms in total. The Balaban J connectivity index is 2.44. The number of carbonyl (C=O) groups is 2. The zero-order valence-corrected chi connectivity index (χ0v) is 11.3. The van der Waals surface area contributed by atoms with Crippen LogP contribution in [0.4, 0.5) is 4.39 Å². The van der Waals surface area contributed by atoms with Crippen molar-refractivity contribution in [1.29, 1.82) is 0 Å². The summed E-state index contributed by atoms with van der Waals surface area (Å²) in [6, 6.07) is 3.99. The fraction of sp³-hybridized carbons (Fsp3) is 0.286. The Hall–Kier alpha value is -2.21. The number of amides is 1. The third-order valence-corrected chi connectivity index (χ3v) is 2.94. The van der Waals surface area contributed by atoms with Crippen molar-refractivity contribution in [2.24, 2.45) is 0 Å². The number of hydrogen-bond donors (Lipinski definition) is 1. The van der Waals surface area contributed by atoms with Crippen molar-refractivity contribution < 1.29 is 18.7 Å². The van der Waals surface area contributed by atoms with E-state index in [9.17, 15) is 14.0 Å². The molecule has 0 aliphatic carbocycles. The molecule has 0 atom stereocenters. The molecule has 2 rings (SSSR count). The monoisotopic (exact) mass is 278 g/mol. The van der Waals surface area contributed by atoms with Gasteiger partial charge >= 0.3 is 0 Å². The molecule has 20 heavy (non-hydrogen) atoms. The van der Waals surface area contributed by atoms with Gasteiger partial charge in [0.1, 0.15) is 5.82 Å². The van der Waals surface area contributed by atoms with E-state index in [1.807, 2.05) is 0 Å². The highest BCUT2D eigenvalue weighted by Gasteiger charge is 2.17. The van der Waals surface area contributed by atoms with Gasteiger partial charge in [0.15, 0.2) is 0 Å². The number of fused-ring (bicyclic) bond motifs is 1. The number of halogens is 1. The molecule has 1 aromatic heterocycles. The second-order valence-corrected chi connectivity index (χ2v) is 4.34. The first-order valence-electron chi connectivity index (χ1n) is 6.13. The highest BCUT2D eigenvalue weighted by Crippen LogP contribution is 2.22. The molecule has 2 aromatic rings. The maximum absolute atomic E-state index is 13.4. The Labute approximate surface area is 115 Å². The van der Waals surface area contributed by atoms with Crippen LogP contribution in [0.15, 0.2) is 24.4 Å². The van der Waals surface area contributed by atoms with E-state index < -0.39 is 5.82 Å². The molecular weight excluding hydrogens is 263 g/mol. The van der Waals surface area contributed by atoms with Crippen LogP contribution in [0, 0.1) is 5.82 Å². The van der Waals surface area contributed by atoms with Gasteiger partial charge in [0, 0.05) is 32.2 Å². The molecule has 0 fully saturated rings. The van der Waals surface area contributed by atoms with E-state index in [0.29, 0.717) is 24.1 Å². The summed E-state index contributed by atoms with van der Waals surface area (Å²) in [7, 11) is 1.53. The quantitative estimate of drug-likeness (QED) is 0.868. The van der Waals surface area contributed by atoms with E-state index in [1.54, 1.807) is 0 Å². The summed E-state index contributed by atoms with van der Waals surface area (Å²) in [5, 5.41) is 3.06. The Morgan fingerprint density at radius 2 is 2.15 bits per heavy atom. The molecule has 1 heterocycles. The van der Waals surface area contributed by atoms with Crippen molar-refractivity contribution in [3.63, 3.8) is 0 Å². The summed E-state index contributed by atoms with van der Waals surface area (Å²) in [6.45, 7) is 2.11. The number of nitrogens with one attached hydrogen (secondary N) is 1. The number of aromatic nitrogens is 1. The molecule has 0 saturated carbocycles. The van der Waals surface area contributed by atoms with Crippen molar-refractivity contribution in [1.82, 2.24) is 9.88 Å². The molecule has 106 valence electrons. The van der Waals surface area contributed by atoms with Crippen molar-refractivity contribution in [3.8, 4) is 0 Å². The van der Waals surface area contributed by atoms with Crippen LogP contribution in [0.25, 0.3) is 10.9 Å². The second kappa shape index (κ2) is 5.83. The fourth-order valence-electron chi connectivity index (χ4n) is 2.01. The smallest absolute Gasteiger partial charge is 0.253 e. The lowest BCUT2D eigenvalue weighted by molar-refractivity contribution is 0.0938. The lowest BCUT2D eigenvalue weighted by Gasteiger charge is -2.03. The molecule has 1 amide bonds. The van der Waals surface area contributed by atoms with E-state index in [2.05, 4.69) is 5.32 Å². The van der Waals surface area contributed by atoms with E-state index in [-0.39, 0.29) is 17.4 Å². The average Bonchev–Trinajstić information content (AvgIpc) is 2.77. The second-order valence-electron chi connectivity index (χ2n) is 4.34. The first kappa shape index (κ1) is 14.2. The molecule has 0 radical (unpaired) electrons. The van der Waals surface area contributed by atoms with Crippen molar-refractivity contribution >= 4 is 22.7 Å². The Morgan fingerprint density at radius 3 is 2.80 bits per heavy atom. The topological polar surface area (TPSA) is 60.3 Å². The number of hydrogen-bond acceptors (Lipinski definition) is 3. The number of benzene rings is 1. The molecule has 0 spiro atoms. The van der Waals surface area contributed by atoms with Crippen molar-refractivity contribution in [2.75, 3.05) is 20.3 Å². The summed E-state index contributed by atoms with van der Waals surface area (Å²) in [6.07, 6.45) is 1.43. The van der Waals surface area contributed by atoms with Gasteiger partial charge in [0.25, 0.3) is 5.91 Å². The molecule has 0 unspecified atom stereocenters.